The van der Waals surface area contributed by atoms with Crippen molar-refractivity contribution in [2.45, 2.75) is 13.5 Å². The molecule has 0 radical (unpaired) electrons. The molecule has 0 saturated carbocycles. The lowest BCUT2D eigenvalue weighted by molar-refractivity contribution is 0.571. The fourth-order valence-electron chi connectivity index (χ4n) is 1.75. The van der Waals surface area contributed by atoms with Crippen molar-refractivity contribution in [2.24, 2.45) is 0 Å². The molecule has 1 aromatic carbocycles. The van der Waals surface area contributed by atoms with Crippen molar-refractivity contribution >= 4 is 11.5 Å². The lowest BCUT2D eigenvalue weighted by atomic mass is 10.2. The first-order valence-corrected chi connectivity index (χ1v) is 5.84. The zero-order chi connectivity index (χ0) is 14.0. The molecule has 0 spiro atoms. The van der Waals surface area contributed by atoms with E-state index in [2.05, 4.69) is 4.98 Å². The van der Waals surface area contributed by atoms with Crippen LogP contribution in [0.25, 0.3) is 0 Å². The van der Waals surface area contributed by atoms with Crippen molar-refractivity contribution in [3.63, 3.8) is 0 Å². The summed E-state index contributed by atoms with van der Waals surface area (Å²) < 4.78 is 26.4. The molecule has 100 valence electrons. The molecule has 5 heteroatoms. The number of aryl methyl sites for hydroxylation is 1. The van der Waals surface area contributed by atoms with Crippen molar-refractivity contribution in [2.75, 3.05) is 17.7 Å². The van der Waals surface area contributed by atoms with Crippen molar-refractivity contribution in [1.29, 1.82) is 0 Å². The number of rotatable bonds is 3. The molecule has 0 fully saturated rings. The van der Waals surface area contributed by atoms with Crippen LogP contribution < -0.4 is 10.6 Å². The molecule has 19 heavy (non-hydrogen) atoms. The molecular formula is C14H15F2N3. The Morgan fingerprint density at radius 2 is 2.00 bits per heavy atom. The van der Waals surface area contributed by atoms with Gasteiger partial charge in [-0.2, -0.15) is 0 Å². The van der Waals surface area contributed by atoms with Gasteiger partial charge in [0, 0.05) is 25.2 Å². The lowest BCUT2D eigenvalue weighted by Gasteiger charge is -2.19. The predicted octanol–water partition coefficient (Wildman–Crippen LogP) is 2.89. The second kappa shape index (κ2) is 5.22. The maximum atomic E-state index is 13.6. The van der Waals surface area contributed by atoms with Crippen LogP contribution in [0.1, 0.15) is 11.1 Å². The number of benzene rings is 1. The van der Waals surface area contributed by atoms with Gasteiger partial charge in [-0.25, -0.2) is 13.8 Å². The second-order valence-electron chi connectivity index (χ2n) is 4.49. The van der Waals surface area contributed by atoms with Gasteiger partial charge < -0.3 is 10.6 Å². The van der Waals surface area contributed by atoms with Gasteiger partial charge in [0.2, 0.25) is 0 Å². The maximum absolute atomic E-state index is 13.6. The van der Waals surface area contributed by atoms with Gasteiger partial charge in [0.1, 0.15) is 17.5 Å². The number of halogens is 2. The van der Waals surface area contributed by atoms with Gasteiger partial charge in [0.15, 0.2) is 0 Å². The number of nitrogen functional groups attached to an aromatic ring is 1. The van der Waals surface area contributed by atoms with Crippen molar-refractivity contribution in [3.05, 3.63) is 53.2 Å². The highest BCUT2D eigenvalue weighted by molar-refractivity contribution is 5.52. The number of hydrogen-bond donors (Lipinski definition) is 1. The highest BCUT2D eigenvalue weighted by Gasteiger charge is 2.09. The Hall–Kier alpha value is -2.17. The third-order valence-corrected chi connectivity index (χ3v) is 2.95. The SMILES string of the molecule is Cc1cc(N(C)Cc2ccc(F)cc2F)ncc1N. The topological polar surface area (TPSA) is 42.2 Å². The van der Waals surface area contributed by atoms with Crippen LogP contribution in [0, 0.1) is 18.6 Å². The summed E-state index contributed by atoms with van der Waals surface area (Å²) in [4.78, 5) is 5.97. The average molecular weight is 263 g/mol. The van der Waals surface area contributed by atoms with E-state index in [0.717, 1.165) is 11.6 Å². The summed E-state index contributed by atoms with van der Waals surface area (Å²) in [7, 11) is 1.79. The Balaban J connectivity index is 2.20. The molecule has 0 saturated heterocycles. The number of nitrogens with two attached hydrogens (primary N) is 1. The Bertz CT molecular complexity index is 599. The zero-order valence-electron chi connectivity index (χ0n) is 10.8. The molecule has 0 atom stereocenters. The van der Waals surface area contributed by atoms with E-state index in [1.54, 1.807) is 18.1 Å². The molecule has 0 aliphatic heterocycles. The van der Waals surface area contributed by atoms with E-state index in [1.165, 1.54) is 12.1 Å². The van der Waals surface area contributed by atoms with Crippen molar-refractivity contribution < 1.29 is 8.78 Å². The van der Waals surface area contributed by atoms with Crippen molar-refractivity contribution in [3.8, 4) is 0 Å². The molecule has 0 unspecified atom stereocenters. The molecular weight excluding hydrogens is 248 g/mol. The molecule has 1 aromatic heterocycles. The minimum atomic E-state index is -0.578. The molecule has 0 aliphatic carbocycles. The normalized spacial score (nSPS) is 10.5. The molecule has 0 aliphatic rings. The Kier molecular flexibility index (Phi) is 3.64. The number of pyridine rings is 1. The Morgan fingerprint density at radius 1 is 1.26 bits per heavy atom. The summed E-state index contributed by atoms with van der Waals surface area (Å²) >= 11 is 0. The van der Waals surface area contributed by atoms with Crippen LogP contribution in [-0.2, 0) is 6.54 Å². The van der Waals surface area contributed by atoms with E-state index < -0.39 is 11.6 Å². The van der Waals surface area contributed by atoms with Gasteiger partial charge >= 0.3 is 0 Å². The van der Waals surface area contributed by atoms with Gasteiger partial charge in [-0.05, 0) is 24.6 Å². The summed E-state index contributed by atoms with van der Waals surface area (Å²) in [5.74, 6) is -0.445. The van der Waals surface area contributed by atoms with E-state index in [9.17, 15) is 8.78 Å². The van der Waals surface area contributed by atoms with Crippen LogP contribution in [0.15, 0.2) is 30.5 Å². The standard InChI is InChI=1S/C14H15F2N3/c1-9-5-14(18-7-13(9)17)19(2)8-10-3-4-11(15)6-12(10)16/h3-7H,8,17H2,1-2H3. The number of anilines is 2. The van der Waals surface area contributed by atoms with Crippen molar-refractivity contribution in [1.82, 2.24) is 4.98 Å². The summed E-state index contributed by atoms with van der Waals surface area (Å²) in [6.45, 7) is 2.19. The summed E-state index contributed by atoms with van der Waals surface area (Å²) in [5, 5.41) is 0. The fraction of sp³-hybridized carbons (Fsp3) is 0.214. The van der Waals surface area contributed by atoms with E-state index in [4.69, 9.17) is 5.73 Å². The molecule has 2 aromatic rings. The molecule has 0 amide bonds. The second-order valence-corrected chi connectivity index (χ2v) is 4.49. The number of nitrogens with zero attached hydrogens (tertiary/aromatic N) is 2. The maximum Gasteiger partial charge on any atom is 0.131 e. The third-order valence-electron chi connectivity index (χ3n) is 2.95. The van der Waals surface area contributed by atoms with E-state index in [1.807, 2.05) is 13.0 Å². The van der Waals surface area contributed by atoms with Gasteiger partial charge in [-0.15, -0.1) is 0 Å². The molecule has 2 rings (SSSR count). The minimum Gasteiger partial charge on any atom is -0.397 e. The summed E-state index contributed by atoms with van der Waals surface area (Å²) in [6.07, 6.45) is 1.57. The van der Waals surface area contributed by atoms with Crippen LogP contribution in [0.5, 0.6) is 0 Å². The first kappa shape index (κ1) is 13.3. The monoisotopic (exact) mass is 263 g/mol. The molecule has 0 bridgehead atoms. The smallest absolute Gasteiger partial charge is 0.131 e. The number of hydrogen-bond acceptors (Lipinski definition) is 3. The van der Waals surface area contributed by atoms with Crippen LogP contribution in [0.4, 0.5) is 20.3 Å². The van der Waals surface area contributed by atoms with Gasteiger partial charge in [0.25, 0.3) is 0 Å². The van der Waals surface area contributed by atoms with Crippen LogP contribution in [0.3, 0.4) is 0 Å². The average Bonchev–Trinajstić information content (AvgIpc) is 2.36. The summed E-state index contributed by atoms with van der Waals surface area (Å²) in [5.41, 5.74) is 7.65. The largest absolute Gasteiger partial charge is 0.397 e. The Labute approximate surface area is 110 Å². The molecule has 3 nitrogen and oxygen atoms in total. The Morgan fingerprint density at radius 3 is 2.63 bits per heavy atom. The zero-order valence-corrected chi connectivity index (χ0v) is 10.8. The van der Waals surface area contributed by atoms with Crippen LogP contribution in [-0.4, -0.2) is 12.0 Å². The first-order chi connectivity index (χ1) is 8.97. The quantitative estimate of drug-likeness (QED) is 0.925. The lowest BCUT2D eigenvalue weighted by Crippen LogP contribution is -2.18. The highest BCUT2D eigenvalue weighted by Crippen LogP contribution is 2.19. The summed E-state index contributed by atoms with van der Waals surface area (Å²) in [6, 6.07) is 5.39. The highest BCUT2D eigenvalue weighted by atomic mass is 19.1. The van der Waals surface area contributed by atoms with Gasteiger partial charge in [-0.3, -0.25) is 0 Å². The van der Waals surface area contributed by atoms with Crippen LogP contribution in [0.2, 0.25) is 0 Å². The third kappa shape index (κ3) is 2.99. The van der Waals surface area contributed by atoms with E-state index >= 15 is 0 Å². The fourth-order valence-corrected chi connectivity index (χ4v) is 1.75. The van der Waals surface area contributed by atoms with E-state index in [0.29, 0.717) is 23.6 Å². The molecule has 2 N–H and O–H groups in total. The number of aromatic nitrogens is 1. The van der Waals surface area contributed by atoms with Gasteiger partial charge in [0.05, 0.1) is 11.9 Å². The van der Waals surface area contributed by atoms with Gasteiger partial charge in [-0.1, -0.05) is 6.07 Å². The first-order valence-electron chi connectivity index (χ1n) is 5.84. The molecule has 1 heterocycles. The minimum absolute atomic E-state index is 0.308. The van der Waals surface area contributed by atoms with E-state index in [-0.39, 0.29) is 0 Å². The van der Waals surface area contributed by atoms with Crippen LogP contribution >= 0.6 is 0 Å². The predicted molar refractivity (Wildman–Crippen MR) is 71.9 cm³/mol.